The molecular formula is C17H19BrN6. The largest absolute Gasteiger partial charge is 0.365 e. The van der Waals surface area contributed by atoms with Gasteiger partial charge in [0.1, 0.15) is 12.1 Å². The van der Waals surface area contributed by atoms with Gasteiger partial charge in [-0.3, -0.25) is 0 Å². The van der Waals surface area contributed by atoms with Crippen molar-refractivity contribution >= 4 is 32.8 Å². The van der Waals surface area contributed by atoms with Crippen LogP contribution in [0.4, 0.5) is 5.82 Å². The number of fused-ring (bicyclic) bond motifs is 1. The normalized spacial score (nSPS) is 15.7. The summed E-state index contributed by atoms with van der Waals surface area (Å²) in [6.45, 7) is 2.78. The molecule has 1 saturated heterocycles. The molecule has 0 aliphatic carbocycles. The highest BCUT2D eigenvalue weighted by Crippen LogP contribution is 2.25. The molecule has 1 aliphatic rings. The van der Waals surface area contributed by atoms with E-state index in [0.717, 1.165) is 47.3 Å². The summed E-state index contributed by atoms with van der Waals surface area (Å²) in [7, 11) is 0. The van der Waals surface area contributed by atoms with Crippen LogP contribution < -0.4 is 10.6 Å². The number of hydrogen-bond donors (Lipinski definition) is 2. The van der Waals surface area contributed by atoms with Gasteiger partial charge in [0.25, 0.3) is 0 Å². The van der Waals surface area contributed by atoms with Gasteiger partial charge < -0.3 is 10.6 Å². The van der Waals surface area contributed by atoms with Gasteiger partial charge in [-0.25, -0.2) is 14.6 Å². The van der Waals surface area contributed by atoms with Crippen LogP contribution in [-0.4, -0.2) is 32.8 Å². The van der Waals surface area contributed by atoms with Gasteiger partial charge in [0.05, 0.1) is 17.6 Å². The predicted molar refractivity (Wildman–Crippen MR) is 97.9 cm³/mol. The van der Waals surface area contributed by atoms with Crippen molar-refractivity contribution in [2.45, 2.75) is 25.4 Å². The molecule has 2 aromatic heterocycles. The standard InChI is InChI=1S/C17H19BrN6/c18-13-3-1-2-12(8-13)9-20-16-15-10-23-24(17(15)22-11-21-16)14-4-6-19-7-5-14/h1-3,8,10-11,14,19H,4-7,9H2,(H,20,21,22). The Bertz CT molecular complexity index is 840. The van der Waals surface area contributed by atoms with E-state index in [9.17, 15) is 0 Å². The number of halogens is 1. The fourth-order valence-corrected chi connectivity index (χ4v) is 3.60. The zero-order valence-corrected chi connectivity index (χ0v) is 14.8. The fraction of sp³-hybridized carbons (Fsp3) is 0.353. The highest BCUT2D eigenvalue weighted by atomic mass is 79.9. The minimum atomic E-state index is 0.413. The van der Waals surface area contributed by atoms with E-state index in [1.807, 2.05) is 18.3 Å². The van der Waals surface area contributed by atoms with Crippen LogP contribution in [0, 0.1) is 0 Å². The summed E-state index contributed by atoms with van der Waals surface area (Å²) in [5.74, 6) is 0.833. The van der Waals surface area contributed by atoms with E-state index < -0.39 is 0 Å². The molecule has 0 spiro atoms. The van der Waals surface area contributed by atoms with Crippen LogP contribution in [0.1, 0.15) is 24.4 Å². The maximum Gasteiger partial charge on any atom is 0.163 e. The summed E-state index contributed by atoms with van der Waals surface area (Å²) >= 11 is 3.50. The van der Waals surface area contributed by atoms with Crippen molar-refractivity contribution < 1.29 is 0 Å². The minimum Gasteiger partial charge on any atom is -0.365 e. The van der Waals surface area contributed by atoms with Crippen molar-refractivity contribution in [1.82, 2.24) is 25.1 Å². The molecule has 0 atom stereocenters. The van der Waals surface area contributed by atoms with Crippen LogP contribution in [0.5, 0.6) is 0 Å². The SMILES string of the molecule is Brc1cccc(CNc2ncnc3c2cnn3C2CCNCC2)c1. The predicted octanol–water partition coefficient (Wildman–Crippen LogP) is 3.13. The second-order valence-electron chi connectivity index (χ2n) is 6.01. The number of benzene rings is 1. The molecule has 0 unspecified atom stereocenters. The van der Waals surface area contributed by atoms with E-state index in [4.69, 9.17) is 0 Å². The van der Waals surface area contributed by atoms with Crippen molar-refractivity contribution in [2.75, 3.05) is 18.4 Å². The second kappa shape index (κ2) is 6.86. The van der Waals surface area contributed by atoms with Crippen LogP contribution in [0.25, 0.3) is 11.0 Å². The first-order valence-electron chi connectivity index (χ1n) is 8.18. The van der Waals surface area contributed by atoms with Gasteiger partial charge >= 0.3 is 0 Å². The average molecular weight is 387 g/mol. The van der Waals surface area contributed by atoms with Gasteiger partial charge in [0, 0.05) is 11.0 Å². The number of hydrogen-bond acceptors (Lipinski definition) is 5. The highest BCUT2D eigenvalue weighted by Gasteiger charge is 2.19. The lowest BCUT2D eigenvalue weighted by Gasteiger charge is -2.23. The molecule has 24 heavy (non-hydrogen) atoms. The van der Waals surface area contributed by atoms with E-state index in [2.05, 4.69) is 58.4 Å². The fourth-order valence-electron chi connectivity index (χ4n) is 3.15. The zero-order valence-electron chi connectivity index (χ0n) is 13.2. The number of piperidine rings is 1. The van der Waals surface area contributed by atoms with Crippen molar-refractivity contribution in [2.24, 2.45) is 0 Å². The third-order valence-electron chi connectivity index (χ3n) is 4.39. The summed E-state index contributed by atoms with van der Waals surface area (Å²) < 4.78 is 3.13. The van der Waals surface area contributed by atoms with Crippen LogP contribution in [0.3, 0.4) is 0 Å². The minimum absolute atomic E-state index is 0.413. The Morgan fingerprint density at radius 1 is 1.25 bits per heavy atom. The number of nitrogens with zero attached hydrogens (tertiary/aromatic N) is 4. The van der Waals surface area contributed by atoms with Crippen molar-refractivity contribution in [3.8, 4) is 0 Å². The quantitative estimate of drug-likeness (QED) is 0.720. The molecule has 3 aromatic rings. The maximum absolute atomic E-state index is 4.59. The summed E-state index contributed by atoms with van der Waals surface area (Å²) in [5, 5.41) is 12.4. The Labute approximate surface area is 148 Å². The molecule has 7 heteroatoms. The third-order valence-corrected chi connectivity index (χ3v) is 4.89. The van der Waals surface area contributed by atoms with Gasteiger partial charge in [-0.2, -0.15) is 5.10 Å². The molecule has 3 heterocycles. The van der Waals surface area contributed by atoms with Crippen LogP contribution in [0.2, 0.25) is 0 Å². The molecule has 0 saturated carbocycles. The molecule has 1 aromatic carbocycles. The molecule has 1 aliphatic heterocycles. The number of rotatable bonds is 4. The van der Waals surface area contributed by atoms with Crippen molar-refractivity contribution in [1.29, 1.82) is 0 Å². The monoisotopic (exact) mass is 386 g/mol. The molecule has 124 valence electrons. The average Bonchev–Trinajstić information content (AvgIpc) is 3.05. The molecule has 2 N–H and O–H groups in total. The maximum atomic E-state index is 4.59. The smallest absolute Gasteiger partial charge is 0.163 e. The molecule has 0 amide bonds. The van der Waals surface area contributed by atoms with E-state index in [1.165, 1.54) is 5.56 Å². The molecule has 0 bridgehead atoms. The topological polar surface area (TPSA) is 67.7 Å². The molecule has 1 fully saturated rings. The Morgan fingerprint density at radius 2 is 2.12 bits per heavy atom. The van der Waals surface area contributed by atoms with Gasteiger partial charge in [0.15, 0.2) is 5.65 Å². The van der Waals surface area contributed by atoms with Crippen molar-refractivity contribution in [3.63, 3.8) is 0 Å². The molecule has 4 rings (SSSR count). The van der Waals surface area contributed by atoms with E-state index in [-0.39, 0.29) is 0 Å². The van der Waals surface area contributed by atoms with E-state index >= 15 is 0 Å². The van der Waals surface area contributed by atoms with Gasteiger partial charge in [0.2, 0.25) is 0 Å². The van der Waals surface area contributed by atoms with Gasteiger partial charge in [-0.1, -0.05) is 28.1 Å². The van der Waals surface area contributed by atoms with Gasteiger partial charge in [-0.15, -0.1) is 0 Å². The van der Waals surface area contributed by atoms with E-state index in [0.29, 0.717) is 12.6 Å². The Hall–Kier alpha value is -1.99. The Morgan fingerprint density at radius 3 is 2.96 bits per heavy atom. The first-order chi connectivity index (χ1) is 11.8. The molecule has 0 radical (unpaired) electrons. The first kappa shape index (κ1) is 15.5. The number of aromatic nitrogens is 4. The van der Waals surface area contributed by atoms with Crippen LogP contribution in [-0.2, 0) is 6.54 Å². The lowest BCUT2D eigenvalue weighted by Crippen LogP contribution is -2.29. The third kappa shape index (κ3) is 3.14. The van der Waals surface area contributed by atoms with Crippen LogP contribution >= 0.6 is 15.9 Å². The number of anilines is 1. The summed E-state index contributed by atoms with van der Waals surface area (Å²) in [6.07, 6.45) is 5.66. The Kier molecular flexibility index (Phi) is 4.44. The van der Waals surface area contributed by atoms with Gasteiger partial charge in [-0.05, 0) is 43.6 Å². The number of nitrogens with one attached hydrogen (secondary N) is 2. The highest BCUT2D eigenvalue weighted by molar-refractivity contribution is 9.10. The summed E-state index contributed by atoms with van der Waals surface area (Å²) in [5.41, 5.74) is 2.11. The van der Waals surface area contributed by atoms with Crippen molar-refractivity contribution in [3.05, 3.63) is 46.8 Å². The van der Waals surface area contributed by atoms with Crippen LogP contribution in [0.15, 0.2) is 41.3 Å². The Balaban J connectivity index is 1.58. The second-order valence-corrected chi connectivity index (χ2v) is 6.93. The summed E-state index contributed by atoms with van der Waals surface area (Å²) in [4.78, 5) is 8.87. The molecule has 6 nitrogen and oxygen atoms in total. The zero-order chi connectivity index (χ0) is 16.4. The first-order valence-corrected chi connectivity index (χ1v) is 8.98. The lowest BCUT2D eigenvalue weighted by atomic mass is 10.1. The lowest BCUT2D eigenvalue weighted by molar-refractivity contribution is 0.349. The molecular weight excluding hydrogens is 368 g/mol. The van der Waals surface area contributed by atoms with E-state index in [1.54, 1.807) is 6.33 Å². The summed E-state index contributed by atoms with van der Waals surface area (Å²) in [6, 6.07) is 8.66.